The summed E-state index contributed by atoms with van der Waals surface area (Å²) < 4.78 is 0. The van der Waals surface area contributed by atoms with Gasteiger partial charge < -0.3 is 15.3 Å². The van der Waals surface area contributed by atoms with Crippen LogP contribution in [0.1, 0.15) is 34.1 Å². The molecule has 0 rings (SSSR count). The molecule has 0 aliphatic carbocycles. The number of aliphatic hydroxyl groups is 1. The molecule has 0 aliphatic heterocycles. The quantitative estimate of drug-likeness (QED) is 0.642. The number of nitrogens with one attached hydrogen (secondary N) is 1. The molecule has 2 N–H and O–H groups in total. The molecule has 1 unspecified atom stereocenters. The Bertz CT molecular complexity index is 133. The molecule has 0 bridgehead atoms. The maximum absolute atomic E-state index is 9.73. The van der Waals surface area contributed by atoms with Crippen molar-refractivity contribution in [1.29, 1.82) is 0 Å². The molecule has 3 nitrogen and oxygen atoms in total. The second-order valence-electron chi connectivity index (χ2n) is 5.16. The van der Waals surface area contributed by atoms with Gasteiger partial charge >= 0.3 is 0 Å². The van der Waals surface area contributed by atoms with E-state index in [-0.39, 0.29) is 6.10 Å². The van der Waals surface area contributed by atoms with Gasteiger partial charge in [0.05, 0.1) is 6.10 Å². The van der Waals surface area contributed by atoms with E-state index in [0.29, 0.717) is 12.6 Å². The molecule has 1 atom stereocenters. The lowest BCUT2D eigenvalue weighted by Crippen LogP contribution is -2.39. The molecule has 0 heterocycles. The largest absolute Gasteiger partial charge is 0.390 e. The van der Waals surface area contributed by atoms with Crippen LogP contribution in [0.25, 0.3) is 0 Å². The van der Waals surface area contributed by atoms with Gasteiger partial charge in [0.2, 0.25) is 0 Å². The summed E-state index contributed by atoms with van der Waals surface area (Å²) in [5.41, 5.74) is 0. The summed E-state index contributed by atoms with van der Waals surface area (Å²) in [5.74, 6) is 0.735. The highest BCUT2D eigenvalue weighted by atomic mass is 16.3. The number of nitrogens with zero attached hydrogens (tertiary/aromatic N) is 1. The number of hydrogen-bond donors (Lipinski definition) is 2. The van der Waals surface area contributed by atoms with Crippen LogP contribution in [0, 0.1) is 5.92 Å². The average Bonchev–Trinajstić information content (AvgIpc) is 2.11. The van der Waals surface area contributed by atoms with E-state index in [4.69, 9.17) is 0 Å². The second-order valence-corrected chi connectivity index (χ2v) is 5.16. The SMILES string of the molecule is CC(C)CCN(C)CC(O)CNC(C)C. The van der Waals surface area contributed by atoms with Gasteiger partial charge in [0.25, 0.3) is 0 Å². The molecule has 0 aliphatic rings. The number of rotatable bonds is 8. The Kier molecular flexibility index (Phi) is 8.02. The molecule has 3 heteroatoms. The molecule has 0 aromatic rings. The van der Waals surface area contributed by atoms with E-state index in [0.717, 1.165) is 19.0 Å². The van der Waals surface area contributed by atoms with Gasteiger partial charge in [0.1, 0.15) is 0 Å². The zero-order valence-corrected chi connectivity index (χ0v) is 11.0. The Morgan fingerprint density at radius 3 is 2.27 bits per heavy atom. The fourth-order valence-electron chi connectivity index (χ4n) is 1.37. The lowest BCUT2D eigenvalue weighted by atomic mass is 10.1. The van der Waals surface area contributed by atoms with Crippen molar-refractivity contribution in [3.05, 3.63) is 0 Å². The van der Waals surface area contributed by atoms with Crippen molar-refractivity contribution in [2.75, 3.05) is 26.7 Å². The molecule has 0 radical (unpaired) electrons. The summed E-state index contributed by atoms with van der Waals surface area (Å²) in [6.45, 7) is 11.1. The first-order valence-electron chi connectivity index (χ1n) is 6.01. The highest BCUT2D eigenvalue weighted by molar-refractivity contribution is 4.66. The molecular formula is C12H28N2O. The summed E-state index contributed by atoms with van der Waals surface area (Å²) in [4.78, 5) is 2.20. The van der Waals surface area contributed by atoms with E-state index in [1.165, 1.54) is 6.42 Å². The van der Waals surface area contributed by atoms with E-state index in [2.05, 4.69) is 45.0 Å². The van der Waals surface area contributed by atoms with Crippen molar-refractivity contribution in [3.63, 3.8) is 0 Å². The van der Waals surface area contributed by atoms with E-state index >= 15 is 0 Å². The smallest absolute Gasteiger partial charge is 0.0791 e. The number of hydrogen-bond acceptors (Lipinski definition) is 3. The third-order valence-electron chi connectivity index (χ3n) is 2.37. The molecule has 92 valence electrons. The highest BCUT2D eigenvalue weighted by Gasteiger charge is 2.08. The predicted octanol–water partition coefficient (Wildman–Crippen LogP) is 1.32. The van der Waals surface area contributed by atoms with Gasteiger partial charge in [-0.25, -0.2) is 0 Å². The minimum absolute atomic E-state index is 0.260. The first kappa shape index (κ1) is 14.9. The second kappa shape index (κ2) is 8.08. The van der Waals surface area contributed by atoms with Crippen LogP contribution in [0.15, 0.2) is 0 Å². The zero-order chi connectivity index (χ0) is 11.8. The molecule has 0 spiro atoms. The molecule has 0 fully saturated rings. The van der Waals surface area contributed by atoms with Gasteiger partial charge in [-0.1, -0.05) is 27.7 Å². The van der Waals surface area contributed by atoms with Crippen molar-refractivity contribution < 1.29 is 5.11 Å². The summed E-state index contributed by atoms with van der Waals surface area (Å²) in [7, 11) is 2.07. The van der Waals surface area contributed by atoms with Crippen molar-refractivity contribution in [2.45, 2.75) is 46.3 Å². The fraction of sp³-hybridized carbons (Fsp3) is 1.00. The van der Waals surface area contributed by atoms with Crippen LogP contribution in [-0.4, -0.2) is 48.8 Å². The van der Waals surface area contributed by atoms with Crippen LogP contribution in [0.3, 0.4) is 0 Å². The minimum atomic E-state index is -0.260. The molecule has 0 aromatic heterocycles. The number of likely N-dealkylation sites (N-methyl/N-ethyl adjacent to an activating group) is 1. The molecule has 0 aromatic carbocycles. The molecule has 0 saturated heterocycles. The zero-order valence-electron chi connectivity index (χ0n) is 11.0. The number of aliphatic hydroxyl groups excluding tert-OH is 1. The van der Waals surface area contributed by atoms with Gasteiger partial charge in [-0.2, -0.15) is 0 Å². The first-order chi connectivity index (χ1) is 6.91. The maximum Gasteiger partial charge on any atom is 0.0791 e. The Morgan fingerprint density at radius 2 is 1.80 bits per heavy atom. The van der Waals surface area contributed by atoms with Gasteiger partial charge in [-0.05, 0) is 25.9 Å². The minimum Gasteiger partial charge on any atom is -0.390 e. The van der Waals surface area contributed by atoms with E-state index in [1.807, 2.05) is 0 Å². The average molecular weight is 216 g/mol. The van der Waals surface area contributed by atoms with Crippen LogP contribution in [0.2, 0.25) is 0 Å². The Morgan fingerprint density at radius 1 is 1.20 bits per heavy atom. The topological polar surface area (TPSA) is 35.5 Å². The van der Waals surface area contributed by atoms with Crippen molar-refractivity contribution in [2.24, 2.45) is 5.92 Å². The first-order valence-corrected chi connectivity index (χ1v) is 6.01. The Labute approximate surface area is 94.9 Å². The Hall–Kier alpha value is -0.120. The summed E-state index contributed by atoms with van der Waals surface area (Å²) in [6.07, 6.45) is 0.936. The third-order valence-corrected chi connectivity index (χ3v) is 2.37. The van der Waals surface area contributed by atoms with Gasteiger partial charge in [0.15, 0.2) is 0 Å². The van der Waals surface area contributed by atoms with Crippen molar-refractivity contribution in [3.8, 4) is 0 Å². The summed E-state index contributed by atoms with van der Waals surface area (Å²) in [5, 5.41) is 13.0. The van der Waals surface area contributed by atoms with Crippen LogP contribution < -0.4 is 5.32 Å². The maximum atomic E-state index is 9.73. The van der Waals surface area contributed by atoms with Crippen LogP contribution in [0.5, 0.6) is 0 Å². The lowest BCUT2D eigenvalue weighted by molar-refractivity contribution is 0.120. The Balaban J connectivity index is 3.52. The normalized spacial score (nSPS) is 14.2. The highest BCUT2D eigenvalue weighted by Crippen LogP contribution is 2.01. The molecule has 15 heavy (non-hydrogen) atoms. The molecule has 0 amide bonds. The third kappa shape index (κ3) is 10.2. The van der Waals surface area contributed by atoms with E-state index < -0.39 is 0 Å². The summed E-state index contributed by atoms with van der Waals surface area (Å²) in [6, 6.07) is 0.445. The van der Waals surface area contributed by atoms with Gasteiger partial charge in [0, 0.05) is 19.1 Å². The van der Waals surface area contributed by atoms with Crippen molar-refractivity contribution in [1.82, 2.24) is 10.2 Å². The van der Waals surface area contributed by atoms with Crippen LogP contribution in [0.4, 0.5) is 0 Å². The molecule has 0 saturated carbocycles. The standard InChI is InChI=1S/C12H28N2O/c1-10(2)6-7-14(5)9-12(15)8-13-11(3)4/h10-13,15H,6-9H2,1-5H3. The monoisotopic (exact) mass is 216 g/mol. The summed E-state index contributed by atoms with van der Waals surface area (Å²) >= 11 is 0. The van der Waals surface area contributed by atoms with Crippen LogP contribution >= 0.6 is 0 Å². The van der Waals surface area contributed by atoms with Gasteiger partial charge in [-0.3, -0.25) is 0 Å². The van der Waals surface area contributed by atoms with Crippen molar-refractivity contribution >= 4 is 0 Å². The predicted molar refractivity (Wildman–Crippen MR) is 66.1 cm³/mol. The van der Waals surface area contributed by atoms with Crippen LogP contribution in [-0.2, 0) is 0 Å². The van der Waals surface area contributed by atoms with Gasteiger partial charge in [-0.15, -0.1) is 0 Å². The molecular weight excluding hydrogens is 188 g/mol. The van der Waals surface area contributed by atoms with E-state index in [1.54, 1.807) is 0 Å². The fourth-order valence-corrected chi connectivity index (χ4v) is 1.37. The van der Waals surface area contributed by atoms with E-state index in [9.17, 15) is 5.11 Å². The lowest BCUT2D eigenvalue weighted by Gasteiger charge is -2.22.